The third kappa shape index (κ3) is 1.84. The Morgan fingerprint density at radius 3 is 3.31 bits per heavy atom. The van der Waals surface area contributed by atoms with Crippen LogP contribution in [0.15, 0.2) is 6.20 Å². The van der Waals surface area contributed by atoms with Gasteiger partial charge in [-0.15, -0.1) is 5.10 Å². The van der Waals surface area contributed by atoms with Gasteiger partial charge in [0.05, 0.1) is 12.7 Å². The van der Waals surface area contributed by atoms with Crippen molar-refractivity contribution in [3.63, 3.8) is 0 Å². The molecule has 68 valence electrons. The van der Waals surface area contributed by atoms with Crippen LogP contribution in [0.3, 0.4) is 0 Å². The number of nitriles is 1. The van der Waals surface area contributed by atoms with E-state index in [1.807, 2.05) is 6.07 Å². The average molecular weight is 177 g/mol. The van der Waals surface area contributed by atoms with Crippen molar-refractivity contribution in [2.75, 3.05) is 6.54 Å². The van der Waals surface area contributed by atoms with Crippen LogP contribution in [0.1, 0.15) is 18.5 Å². The molecule has 1 unspecified atom stereocenters. The van der Waals surface area contributed by atoms with E-state index in [9.17, 15) is 0 Å². The summed E-state index contributed by atoms with van der Waals surface area (Å²) in [6, 6.07) is 2.43. The lowest BCUT2D eigenvalue weighted by atomic mass is 10.2. The van der Waals surface area contributed by atoms with Gasteiger partial charge in [-0.3, -0.25) is 0 Å². The predicted octanol–water partition coefficient (Wildman–Crippen LogP) is -0.0982. The molecule has 0 saturated carbocycles. The molecule has 2 heterocycles. The first-order valence-electron chi connectivity index (χ1n) is 4.42. The molecule has 2 rings (SSSR count). The first-order valence-corrected chi connectivity index (χ1v) is 4.42. The normalized spacial score (nSPS) is 21.6. The highest BCUT2D eigenvalue weighted by Crippen LogP contribution is 2.06. The minimum absolute atomic E-state index is 0.387. The number of nitrogens with zero attached hydrogens (tertiary/aromatic N) is 4. The van der Waals surface area contributed by atoms with E-state index in [-0.39, 0.29) is 0 Å². The highest BCUT2D eigenvalue weighted by atomic mass is 15.5. The number of hydrogen-bond donors (Lipinski definition) is 1. The molecular weight excluding hydrogens is 166 g/mol. The number of rotatable bonds is 2. The van der Waals surface area contributed by atoms with E-state index in [2.05, 4.69) is 15.5 Å². The standard InChI is InChI=1S/C8H11N5/c9-4-8-5-11-13(12-8)6-7-2-1-3-10-7/h5,7,10H,1-3,6H2. The first kappa shape index (κ1) is 8.20. The van der Waals surface area contributed by atoms with E-state index in [0.29, 0.717) is 11.7 Å². The third-order valence-corrected chi connectivity index (χ3v) is 2.20. The molecule has 0 aromatic carbocycles. The van der Waals surface area contributed by atoms with Crippen LogP contribution in [0, 0.1) is 11.3 Å². The van der Waals surface area contributed by atoms with Crippen LogP contribution in [0.4, 0.5) is 0 Å². The van der Waals surface area contributed by atoms with Gasteiger partial charge in [0.15, 0.2) is 5.69 Å². The van der Waals surface area contributed by atoms with Gasteiger partial charge in [-0.1, -0.05) is 0 Å². The van der Waals surface area contributed by atoms with Crippen molar-refractivity contribution in [3.8, 4) is 6.07 Å². The van der Waals surface area contributed by atoms with Gasteiger partial charge in [0.25, 0.3) is 0 Å². The third-order valence-electron chi connectivity index (χ3n) is 2.20. The molecule has 1 aromatic heterocycles. The lowest BCUT2D eigenvalue weighted by Crippen LogP contribution is -2.27. The number of aromatic nitrogens is 3. The van der Waals surface area contributed by atoms with Crippen LogP contribution in [0.5, 0.6) is 0 Å². The Bertz CT molecular complexity index is 318. The number of hydrogen-bond acceptors (Lipinski definition) is 4. The largest absolute Gasteiger partial charge is 0.312 e. The van der Waals surface area contributed by atoms with Gasteiger partial charge in [-0.2, -0.15) is 15.2 Å². The molecule has 5 nitrogen and oxygen atoms in total. The molecule has 1 fully saturated rings. The van der Waals surface area contributed by atoms with Gasteiger partial charge in [-0.05, 0) is 19.4 Å². The van der Waals surface area contributed by atoms with Crippen molar-refractivity contribution in [2.24, 2.45) is 0 Å². The second-order valence-electron chi connectivity index (χ2n) is 3.19. The molecule has 0 amide bonds. The fraction of sp³-hybridized carbons (Fsp3) is 0.625. The molecule has 1 aromatic rings. The molecule has 1 aliphatic rings. The SMILES string of the molecule is N#Cc1cnn(CC2CCCN2)n1. The Labute approximate surface area is 76.4 Å². The smallest absolute Gasteiger partial charge is 0.182 e. The Morgan fingerprint density at radius 2 is 2.69 bits per heavy atom. The van der Waals surface area contributed by atoms with Crippen molar-refractivity contribution in [1.29, 1.82) is 5.26 Å². The summed E-state index contributed by atoms with van der Waals surface area (Å²) in [5.74, 6) is 0. The van der Waals surface area contributed by atoms with Crippen LogP contribution in [-0.4, -0.2) is 27.6 Å². The van der Waals surface area contributed by atoms with Crippen molar-refractivity contribution in [1.82, 2.24) is 20.3 Å². The molecule has 0 bridgehead atoms. The predicted molar refractivity (Wildman–Crippen MR) is 45.8 cm³/mol. The highest BCUT2D eigenvalue weighted by Gasteiger charge is 2.15. The zero-order valence-electron chi connectivity index (χ0n) is 7.27. The zero-order chi connectivity index (χ0) is 9.10. The van der Waals surface area contributed by atoms with Gasteiger partial charge in [0.1, 0.15) is 6.07 Å². The fourth-order valence-electron chi connectivity index (χ4n) is 1.55. The monoisotopic (exact) mass is 177 g/mol. The number of nitrogens with one attached hydrogen (secondary N) is 1. The van der Waals surface area contributed by atoms with E-state index in [4.69, 9.17) is 5.26 Å². The molecule has 0 aliphatic carbocycles. The maximum atomic E-state index is 8.53. The fourth-order valence-corrected chi connectivity index (χ4v) is 1.55. The molecular formula is C8H11N5. The molecule has 1 N–H and O–H groups in total. The summed E-state index contributed by atoms with van der Waals surface area (Å²) in [5.41, 5.74) is 0.387. The van der Waals surface area contributed by atoms with Gasteiger partial charge in [0, 0.05) is 6.04 Å². The Kier molecular flexibility index (Phi) is 2.23. The maximum Gasteiger partial charge on any atom is 0.182 e. The molecule has 5 heteroatoms. The summed E-state index contributed by atoms with van der Waals surface area (Å²) in [7, 11) is 0. The summed E-state index contributed by atoms with van der Waals surface area (Å²) in [6.07, 6.45) is 3.88. The van der Waals surface area contributed by atoms with E-state index in [1.54, 1.807) is 4.80 Å². The minimum atomic E-state index is 0.387. The Hall–Kier alpha value is -1.41. The van der Waals surface area contributed by atoms with Crippen molar-refractivity contribution in [3.05, 3.63) is 11.9 Å². The second kappa shape index (κ2) is 3.54. The lowest BCUT2D eigenvalue weighted by molar-refractivity contribution is 0.435. The zero-order valence-corrected chi connectivity index (χ0v) is 7.27. The summed E-state index contributed by atoms with van der Waals surface area (Å²) < 4.78 is 0. The molecule has 1 aliphatic heterocycles. The lowest BCUT2D eigenvalue weighted by Gasteiger charge is -2.07. The first-order chi connectivity index (χ1) is 6.38. The molecule has 0 radical (unpaired) electrons. The summed E-state index contributed by atoms with van der Waals surface area (Å²) in [4.78, 5) is 1.58. The Balaban J connectivity index is 1.97. The second-order valence-corrected chi connectivity index (χ2v) is 3.19. The van der Waals surface area contributed by atoms with E-state index in [1.165, 1.54) is 19.0 Å². The summed E-state index contributed by atoms with van der Waals surface area (Å²) in [5, 5.41) is 19.9. The van der Waals surface area contributed by atoms with Crippen molar-refractivity contribution in [2.45, 2.75) is 25.4 Å². The molecule has 0 spiro atoms. The van der Waals surface area contributed by atoms with Crippen LogP contribution >= 0.6 is 0 Å². The minimum Gasteiger partial charge on any atom is -0.312 e. The maximum absolute atomic E-state index is 8.53. The van der Waals surface area contributed by atoms with Crippen LogP contribution in [0.2, 0.25) is 0 Å². The molecule has 13 heavy (non-hydrogen) atoms. The quantitative estimate of drug-likeness (QED) is 0.685. The van der Waals surface area contributed by atoms with Gasteiger partial charge in [0.2, 0.25) is 0 Å². The highest BCUT2D eigenvalue weighted by molar-refractivity contribution is 5.12. The average Bonchev–Trinajstić information content (AvgIpc) is 2.76. The van der Waals surface area contributed by atoms with E-state index < -0.39 is 0 Å². The van der Waals surface area contributed by atoms with Crippen LogP contribution in [-0.2, 0) is 6.54 Å². The van der Waals surface area contributed by atoms with E-state index in [0.717, 1.165) is 13.1 Å². The van der Waals surface area contributed by atoms with Crippen molar-refractivity contribution < 1.29 is 0 Å². The van der Waals surface area contributed by atoms with Crippen LogP contribution < -0.4 is 5.32 Å². The topological polar surface area (TPSA) is 66.5 Å². The van der Waals surface area contributed by atoms with E-state index >= 15 is 0 Å². The van der Waals surface area contributed by atoms with Crippen molar-refractivity contribution >= 4 is 0 Å². The molecule has 1 atom stereocenters. The summed E-state index contributed by atoms with van der Waals surface area (Å²) >= 11 is 0. The molecule has 1 saturated heterocycles. The summed E-state index contributed by atoms with van der Waals surface area (Å²) in [6.45, 7) is 1.85. The van der Waals surface area contributed by atoms with Gasteiger partial charge < -0.3 is 5.32 Å². The Morgan fingerprint density at radius 1 is 1.77 bits per heavy atom. The van der Waals surface area contributed by atoms with Gasteiger partial charge in [-0.25, -0.2) is 0 Å². The van der Waals surface area contributed by atoms with Gasteiger partial charge >= 0.3 is 0 Å². The van der Waals surface area contributed by atoms with Crippen LogP contribution in [0.25, 0.3) is 0 Å².